The first-order chi connectivity index (χ1) is 6.75. The van der Waals surface area contributed by atoms with Gasteiger partial charge in [0.05, 0.1) is 6.54 Å². The fourth-order valence-electron chi connectivity index (χ4n) is 1.56. The van der Waals surface area contributed by atoms with Crippen molar-refractivity contribution in [2.24, 2.45) is 0 Å². The molecule has 3 nitrogen and oxygen atoms in total. The predicted octanol–water partition coefficient (Wildman–Crippen LogP) is 2.00. The molecule has 0 spiro atoms. The Labute approximate surface area is 88.2 Å². The summed E-state index contributed by atoms with van der Waals surface area (Å²) in [5, 5.41) is 0.895. The number of nitrogens with two attached hydrogens (primary N) is 1. The van der Waals surface area contributed by atoms with Crippen LogP contribution in [0.5, 0.6) is 0 Å². The summed E-state index contributed by atoms with van der Waals surface area (Å²) in [6.45, 7) is 1.75. The van der Waals surface area contributed by atoms with E-state index in [0.717, 1.165) is 30.2 Å². The van der Waals surface area contributed by atoms with Crippen molar-refractivity contribution in [1.29, 1.82) is 0 Å². The molecule has 1 aromatic rings. The highest BCUT2D eigenvalue weighted by atomic mass is 35.5. The smallest absolute Gasteiger partial charge is 0.125 e. The van der Waals surface area contributed by atoms with E-state index in [1.54, 1.807) is 6.20 Å². The molecule has 14 heavy (non-hydrogen) atoms. The summed E-state index contributed by atoms with van der Waals surface area (Å²) in [6, 6.07) is 3.82. The van der Waals surface area contributed by atoms with Crippen LogP contribution < -0.4 is 10.6 Å². The van der Waals surface area contributed by atoms with Gasteiger partial charge >= 0.3 is 0 Å². The van der Waals surface area contributed by atoms with Crippen LogP contribution in [0.1, 0.15) is 6.42 Å². The lowest BCUT2D eigenvalue weighted by Crippen LogP contribution is -2.28. The molecule has 0 radical (unpaired) electrons. The lowest BCUT2D eigenvalue weighted by atomic mass is 10.2. The summed E-state index contributed by atoms with van der Waals surface area (Å²) in [7, 11) is 0. The summed E-state index contributed by atoms with van der Waals surface area (Å²) in [5.74, 6) is 0.549. The first-order valence-corrected chi connectivity index (χ1v) is 4.94. The largest absolute Gasteiger partial charge is 0.384 e. The summed E-state index contributed by atoms with van der Waals surface area (Å²) in [6.07, 6.45) is 4.76. The number of anilines is 2. The third-order valence-corrected chi connectivity index (χ3v) is 2.51. The van der Waals surface area contributed by atoms with E-state index in [1.165, 1.54) is 0 Å². The summed E-state index contributed by atoms with van der Waals surface area (Å²) in [4.78, 5) is 6.15. The molecule has 2 rings (SSSR count). The molecule has 0 fully saturated rings. The van der Waals surface area contributed by atoms with Crippen molar-refractivity contribution >= 4 is 23.1 Å². The standard InChI is InChI=1S/C10H12ClN3/c11-8-2-1-5-14(7-8)9-3-4-13-10(12)6-9/h2-4,6H,1,5,7H2,(H2,12,13). The predicted molar refractivity (Wildman–Crippen MR) is 59.4 cm³/mol. The second kappa shape index (κ2) is 3.88. The van der Waals surface area contributed by atoms with Crippen LogP contribution in [-0.4, -0.2) is 18.1 Å². The van der Waals surface area contributed by atoms with Crippen LogP contribution in [0, 0.1) is 0 Å². The summed E-state index contributed by atoms with van der Waals surface area (Å²) >= 11 is 5.97. The Bertz CT molecular complexity index is 362. The van der Waals surface area contributed by atoms with Gasteiger partial charge in [-0.15, -0.1) is 0 Å². The fourth-order valence-corrected chi connectivity index (χ4v) is 1.81. The van der Waals surface area contributed by atoms with Crippen molar-refractivity contribution in [2.75, 3.05) is 23.7 Å². The van der Waals surface area contributed by atoms with Crippen LogP contribution in [-0.2, 0) is 0 Å². The number of hydrogen-bond donors (Lipinski definition) is 1. The zero-order valence-corrected chi connectivity index (χ0v) is 8.54. The van der Waals surface area contributed by atoms with Gasteiger partial charge in [0.2, 0.25) is 0 Å². The third kappa shape index (κ3) is 1.99. The van der Waals surface area contributed by atoms with Gasteiger partial charge < -0.3 is 10.6 Å². The maximum atomic E-state index is 5.97. The first-order valence-electron chi connectivity index (χ1n) is 4.57. The monoisotopic (exact) mass is 209 g/mol. The molecule has 0 aliphatic carbocycles. The molecule has 0 amide bonds. The molecule has 1 aliphatic rings. The van der Waals surface area contributed by atoms with Crippen molar-refractivity contribution in [3.8, 4) is 0 Å². The van der Waals surface area contributed by atoms with Gasteiger partial charge in [0, 0.05) is 29.5 Å². The normalized spacial score (nSPS) is 16.6. The minimum absolute atomic E-state index is 0.549. The van der Waals surface area contributed by atoms with Gasteiger partial charge in [0.25, 0.3) is 0 Å². The minimum Gasteiger partial charge on any atom is -0.384 e. The van der Waals surface area contributed by atoms with Crippen molar-refractivity contribution in [1.82, 2.24) is 4.98 Å². The summed E-state index contributed by atoms with van der Waals surface area (Å²) in [5.41, 5.74) is 6.70. The molecule has 0 bridgehead atoms. The average Bonchev–Trinajstić information content (AvgIpc) is 2.18. The van der Waals surface area contributed by atoms with Gasteiger partial charge in [0.15, 0.2) is 0 Å². The SMILES string of the molecule is Nc1cc(N2CCC=C(Cl)C2)ccn1. The zero-order valence-electron chi connectivity index (χ0n) is 7.78. The molecular formula is C10H12ClN3. The van der Waals surface area contributed by atoms with Crippen molar-refractivity contribution in [2.45, 2.75) is 6.42 Å². The number of halogens is 1. The topological polar surface area (TPSA) is 42.1 Å². The highest BCUT2D eigenvalue weighted by molar-refractivity contribution is 6.30. The quantitative estimate of drug-likeness (QED) is 0.769. The van der Waals surface area contributed by atoms with Gasteiger partial charge in [-0.1, -0.05) is 17.7 Å². The average molecular weight is 210 g/mol. The molecule has 2 N–H and O–H groups in total. The van der Waals surface area contributed by atoms with Crippen molar-refractivity contribution in [3.63, 3.8) is 0 Å². The highest BCUT2D eigenvalue weighted by Crippen LogP contribution is 2.21. The van der Waals surface area contributed by atoms with E-state index in [9.17, 15) is 0 Å². The Balaban J connectivity index is 2.19. The zero-order chi connectivity index (χ0) is 9.97. The molecule has 74 valence electrons. The Morgan fingerprint density at radius 3 is 3.07 bits per heavy atom. The van der Waals surface area contributed by atoms with E-state index in [-0.39, 0.29) is 0 Å². The van der Waals surface area contributed by atoms with Gasteiger partial charge in [0.1, 0.15) is 5.82 Å². The van der Waals surface area contributed by atoms with E-state index in [1.807, 2.05) is 12.1 Å². The van der Waals surface area contributed by atoms with Gasteiger partial charge in [-0.3, -0.25) is 0 Å². The Hall–Kier alpha value is -1.22. The molecule has 4 heteroatoms. The van der Waals surface area contributed by atoms with E-state index >= 15 is 0 Å². The second-order valence-electron chi connectivity index (χ2n) is 3.30. The third-order valence-electron chi connectivity index (χ3n) is 2.24. The van der Waals surface area contributed by atoms with E-state index in [2.05, 4.69) is 16.0 Å². The Morgan fingerprint density at radius 1 is 1.50 bits per heavy atom. The molecule has 0 atom stereocenters. The lowest BCUT2D eigenvalue weighted by Gasteiger charge is -2.27. The van der Waals surface area contributed by atoms with Crippen LogP contribution in [0.4, 0.5) is 11.5 Å². The molecule has 1 aliphatic heterocycles. The van der Waals surface area contributed by atoms with Crippen LogP contribution >= 0.6 is 11.6 Å². The number of hydrogen-bond acceptors (Lipinski definition) is 3. The fraction of sp³-hybridized carbons (Fsp3) is 0.300. The molecular weight excluding hydrogens is 198 g/mol. The number of aromatic nitrogens is 1. The van der Waals surface area contributed by atoms with Crippen molar-refractivity contribution in [3.05, 3.63) is 29.4 Å². The van der Waals surface area contributed by atoms with Crippen molar-refractivity contribution < 1.29 is 0 Å². The highest BCUT2D eigenvalue weighted by Gasteiger charge is 2.11. The van der Waals surface area contributed by atoms with E-state index < -0.39 is 0 Å². The Morgan fingerprint density at radius 2 is 2.36 bits per heavy atom. The van der Waals surface area contributed by atoms with Gasteiger partial charge in [-0.25, -0.2) is 4.98 Å². The number of nitrogens with zero attached hydrogens (tertiary/aromatic N) is 2. The van der Waals surface area contributed by atoms with E-state index in [0.29, 0.717) is 5.82 Å². The number of rotatable bonds is 1. The van der Waals surface area contributed by atoms with Crippen LogP contribution in [0.2, 0.25) is 0 Å². The lowest BCUT2D eigenvalue weighted by molar-refractivity contribution is 0.812. The van der Waals surface area contributed by atoms with Gasteiger partial charge in [-0.2, -0.15) is 0 Å². The minimum atomic E-state index is 0.549. The molecule has 0 saturated heterocycles. The molecule has 0 aromatic carbocycles. The van der Waals surface area contributed by atoms with Gasteiger partial charge in [-0.05, 0) is 12.5 Å². The molecule has 1 aromatic heterocycles. The van der Waals surface area contributed by atoms with Crippen LogP contribution in [0.3, 0.4) is 0 Å². The summed E-state index contributed by atoms with van der Waals surface area (Å²) < 4.78 is 0. The molecule has 2 heterocycles. The van der Waals surface area contributed by atoms with E-state index in [4.69, 9.17) is 17.3 Å². The molecule has 0 unspecified atom stereocenters. The number of nitrogen functional groups attached to an aromatic ring is 1. The molecule has 0 saturated carbocycles. The maximum absolute atomic E-state index is 5.97. The van der Waals surface area contributed by atoms with Crippen LogP contribution in [0.15, 0.2) is 29.4 Å². The van der Waals surface area contributed by atoms with Crippen LogP contribution in [0.25, 0.3) is 0 Å². The maximum Gasteiger partial charge on any atom is 0.125 e. The number of pyridine rings is 1. The first kappa shape index (κ1) is 9.34. The second-order valence-corrected chi connectivity index (χ2v) is 3.79. The Kier molecular flexibility index (Phi) is 2.59.